The van der Waals surface area contributed by atoms with Gasteiger partial charge in [0.05, 0.1) is 157 Å². The van der Waals surface area contributed by atoms with Gasteiger partial charge in [-0.25, -0.2) is 18.8 Å². The Kier molecular flexibility index (Phi) is 35.9. The molecule has 1 aliphatic heterocycles. The van der Waals surface area contributed by atoms with E-state index in [-0.39, 0.29) is 57.7 Å². The number of hydroxylamine groups is 2. The number of rotatable bonds is 47. The van der Waals surface area contributed by atoms with Crippen molar-refractivity contribution in [2.45, 2.75) is 76.7 Å². The molecule has 1 aromatic carbocycles. The Morgan fingerprint density at radius 2 is 1.13 bits per heavy atom. The normalized spacial score (nSPS) is 12.8. The summed E-state index contributed by atoms with van der Waals surface area (Å²) in [6.07, 6.45) is 7.84. The Morgan fingerprint density at radius 1 is 0.675 bits per heavy atom. The molecule has 0 radical (unpaired) electrons. The maximum Gasteiger partial charge on any atom is 0.313 e. The van der Waals surface area contributed by atoms with Crippen molar-refractivity contribution >= 4 is 46.5 Å². The number of aliphatic imine (C=N–C) groups is 1. The maximum atomic E-state index is 13.9. The number of esters is 1. The molecule has 1 atom stereocenters. The first-order valence-electron chi connectivity index (χ1n) is 25.6. The highest BCUT2D eigenvalue weighted by Crippen LogP contribution is 2.32. The molecule has 28 heteroatoms. The van der Waals surface area contributed by atoms with Gasteiger partial charge in [0.25, 0.3) is 5.91 Å². The molecular formula is C49H75F4N6O17S-. The smallest absolute Gasteiger partial charge is 0.313 e. The van der Waals surface area contributed by atoms with E-state index < -0.39 is 57.4 Å². The molecule has 1 aromatic heterocycles. The fourth-order valence-electron chi connectivity index (χ4n) is 6.73. The summed E-state index contributed by atoms with van der Waals surface area (Å²) in [5.74, 6) is -11.7. The number of aryl methyl sites for hydroxylation is 1. The third-order valence-electron chi connectivity index (χ3n) is 10.5. The molecule has 0 aliphatic carbocycles. The van der Waals surface area contributed by atoms with Gasteiger partial charge in [0.15, 0.2) is 11.6 Å². The number of ether oxygens (including phenoxy) is 11. The van der Waals surface area contributed by atoms with Gasteiger partial charge in [-0.15, -0.1) is 0 Å². The van der Waals surface area contributed by atoms with E-state index in [0.29, 0.717) is 142 Å². The standard InChI is InChI=1S/C49H76F4N6O17S/c1-3-12-59(75-4-2)49(62)37-34-39-38(57-40(54)35-37)36-56-58(39)13-8-6-5-7-11-55-41(60)9-14-65-16-18-67-20-22-69-24-26-71-28-30-73-32-33-74-31-29-72-27-25-70-23-21-68-19-17-66-15-10-42(61)76-47-43(50)45(52)48(77(63)64)46(53)44(47)51/h34,36H,3-33,35H2,1-2H3,(H2,54,57)(H,55,60)(H,63,64)/p-1. The van der Waals surface area contributed by atoms with E-state index in [1.165, 1.54) is 5.06 Å². The van der Waals surface area contributed by atoms with Crippen molar-refractivity contribution in [3.63, 3.8) is 0 Å². The lowest BCUT2D eigenvalue weighted by Crippen LogP contribution is -2.34. The number of benzene rings is 1. The van der Waals surface area contributed by atoms with Gasteiger partial charge in [-0.3, -0.25) is 28.1 Å². The van der Waals surface area contributed by atoms with Crippen LogP contribution < -0.4 is 15.8 Å². The first kappa shape index (κ1) is 66.7. The van der Waals surface area contributed by atoms with Crippen LogP contribution in [-0.4, -0.2) is 199 Å². The van der Waals surface area contributed by atoms with Crippen LogP contribution in [-0.2, 0) is 84.2 Å². The SMILES string of the molecule is CCCN(OCC)C(=O)C1=Cc2c(cnn2CCCCCCNC(=O)CCOCCOCCOCCOCCOCCOCCOCCOCCOCCOCCC(=O)Oc2c(F)c(F)c(S(=O)[O-])c(F)c2F)N=C(N)C1. The van der Waals surface area contributed by atoms with E-state index in [0.717, 1.165) is 37.8 Å². The minimum absolute atomic E-state index is 0.0474. The molecule has 438 valence electrons. The van der Waals surface area contributed by atoms with E-state index in [4.69, 9.17) is 57.9 Å². The van der Waals surface area contributed by atoms with Crippen LogP contribution in [0.2, 0.25) is 0 Å². The van der Waals surface area contributed by atoms with Gasteiger partial charge < -0.3 is 67.7 Å². The van der Waals surface area contributed by atoms with Crippen LogP contribution >= 0.6 is 0 Å². The van der Waals surface area contributed by atoms with Crippen molar-refractivity contribution in [1.82, 2.24) is 20.2 Å². The average molecular weight is 1130 g/mol. The predicted molar refractivity (Wildman–Crippen MR) is 268 cm³/mol. The molecule has 3 rings (SSSR count). The van der Waals surface area contributed by atoms with Crippen molar-refractivity contribution in [1.29, 1.82) is 0 Å². The zero-order valence-electron chi connectivity index (χ0n) is 44.0. The number of fused-ring (bicyclic) bond motifs is 1. The second-order valence-corrected chi connectivity index (χ2v) is 17.3. The van der Waals surface area contributed by atoms with Crippen molar-refractivity contribution in [2.24, 2.45) is 10.7 Å². The van der Waals surface area contributed by atoms with Crippen LogP contribution in [0.15, 0.2) is 21.7 Å². The van der Waals surface area contributed by atoms with Gasteiger partial charge >= 0.3 is 5.97 Å². The number of hydrogen-bond acceptors (Lipinski definition) is 20. The van der Waals surface area contributed by atoms with Crippen LogP contribution in [0.5, 0.6) is 5.75 Å². The minimum Gasteiger partial charge on any atom is -0.768 e. The summed E-state index contributed by atoms with van der Waals surface area (Å²) in [6, 6.07) is 0. The minimum atomic E-state index is -3.61. The number of carbonyl (C=O) groups is 3. The summed E-state index contributed by atoms with van der Waals surface area (Å²) >= 11 is -3.61. The van der Waals surface area contributed by atoms with Gasteiger partial charge in [0.1, 0.15) is 16.4 Å². The Balaban J connectivity index is 0.988. The fraction of sp³-hybridized carbons (Fsp3) is 0.694. The summed E-state index contributed by atoms with van der Waals surface area (Å²) in [5.41, 5.74) is 8.03. The second-order valence-electron chi connectivity index (χ2n) is 16.4. The van der Waals surface area contributed by atoms with Crippen LogP contribution in [0.1, 0.15) is 70.9 Å². The maximum absolute atomic E-state index is 13.9. The van der Waals surface area contributed by atoms with Gasteiger partial charge in [-0.05, 0) is 43.3 Å². The Labute approximate surface area is 448 Å². The highest BCUT2D eigenvalue weighted by molar-refractivity contribution is 7.79. The molecule has 2 aromatic rings. The molecule has 0 saturated carbocycles. The Hall–Kier alpha value is -4.56. The third-order valence-corrected chi connectivity index (χ3v) is 11.2. The zero-order valence-corrected chi connectivity index (χ0v) is 44.8. The number of halogens is 4. The quantitative estimate of drug-likeness (QED) is 0.0181. The molecule has 3 N–H and O–H groups in total. The number of carbonyl (C=O) groups excluding carboxylic acids is 3. The van der Waals surface area contributed by atoms with Crippen molar-refractivity contribution in [2.75, 3.05) is 152 Å². The van der Waals surface area contributed by atoms with Crippen LogP contribution in [0.4, 0.5) is 23.2 Å². The van der Waals surface area contributed by atoms with Gasteiger partial charge in [-0.1, -0.05) is 19.8 Å². The first-order valence-corrected chi connectivity index (χ1v) is 26.7. The zero-order chi connectivity index (χ0) is 55.9. The third kappa shape index (κ3) is 27.7. The fourth-order valence-corrected chi connectivity index (χ4v) is 7.21. The number of unbranched alkanes of at least 4 members (excludes halogenated alkanes) is 3. The molecule has 0 bridgehead atoms. The molecule has 1 unspecified atom stereocenters. The molecular weight excluding hydrogens is 1050 g/mol. The Bertz CT molecular complexity index is 2080. The van der Waals surface area contributed by atoms with Gasteiger partial charge in [-0.2, -0.15) is 13.9 Å². The number of nitrogens with zero attached hydrogens (tertiary/aromatic N) is 4. The number of nitrogens with two attached hydrogens (primary N) is 1. The molecule has 2 amide bonds. The van der Waals surface area contributed by atoms with Gasteiger partial charge in [0, 0.05) is 38.0 Å². The van der Waals surface area contributed by atoms with Crippen molar-refractivity contribution in [3.8, 4) is 5.75 Å². The van der Waals surface area contributed by atoms with E-state index in [9.17, 15) is 40.7 Å². The first-order chi connectivity index (χ1) is 37.4. The van der Waals surface area contributed by atoms with E-state index in [1.807, 2.05) is 24.6 Å². The topological polar surface area (TPSA) is 274 Å². The molecule has 23 nitrogen and oxygen atoms in total. The van der Waals surface area contributed by atoms with Crippen LogP contribution in [0.3, 0.4) is 0 Å². The molecule has 0 saturated heterocycles. The lowest BCUT2D eigenvalue weighted by atomic mass is 10.1. The average Bonchev–Trinajstić information content (AvgIpc) is 3.70. The molecule has 1 aliphatic rings. The van der Waals surface area contributed by atoms with Crippen LogP contribution in [0, 0.1) is 23.3 Å². The Morgan fingerprint density at radius 3 is 1.58 bits per heavy atom. The summed E-state index contributed by atoms with van der Waals surface area (Å²) in [6.45, 7) is 12.2. The van der Waals surface area contributed by atoms with E-state index in [1.54, 1.807) is 6.20 Å². The molecule has 77 heavy (non-hydrogen) atoms. The number of amidine groups is 1. The summed E-state index contributed by atoms with van der Waals surface area (Å²) in [4.78, 5) is 45.4. The number of aromatic nitrogens is 2. The highest BCUT2D eigenvalue weighted by Gasteiger charge is 2.29. The summed E-state index contributed by atoms with van der Waals surface area (Å²) < 4.78 is 137. The largest absolute Gasteiger partial charge is 0.768 e. The molecule has 2 heterocycles. The number of hydrogen-bond donors (Lipinski definition) is 2. The summed E-state index contributed by atoms with van der Waals surface area (Å²) in [5, 5.41) is 8.81. The highest BCUT2D eigenvalue weighted by atomic mass is 32.2. The second kappa shape index (κ2) is 41.5. The molecule has 0 fully saturated rings. The number of amides is 2. The van der Waals surface area contributed by atoms with Crippen molar-refractivity contribution < 1.29 is 97.7 Å². The van der Waals surface area contributed by atoms with E-state index in [2.05, 4.69) is 20.1 Å². The number of nitrogens with one attached hydrogen (secondary N) is 1. The van der Waals surface area contributed by atoms with E-state index >= 15 is 0 Å². The molecule has 0 spiro atoms. The lowest BCUT2D eigenvalue weighted by Gasteiger charge is -2.21. The van der Waals surface area contributed by atoms with Crippen molar-refractivity contribution in [3.05, 3.63) is 40.7 Å². The predicted octanol–water partition coefficient (Wildman–Crippen LogP) is 3.87. The van der Waals surface area contributed by atoms with Gasteiger partial charge in [0.2, 0.25) is 23.3 Å². The summed E-state index contributed by atoms with van der Waals surface area (Å²) in [7, 11) is 0. The monoisotopic (exact) mass is 1130 g/mol. The lowest BCUT2D eigenvalue weighted by molar-refractivity contribution is -0.180. The van der Waals surface area contributed by atoms with Crippen LogP contribution in [0.25, 0.3) is 6.08 Å².